The van der Waals surface area contributed by atoms with Crippen molar-refractivity contribution < 1.29 is 18.5 Å². The predicted octanol–water partition coefficient (Wildman–Crippen LogP) is 3.16. The second-order valence-electron chi connectivity index (χ2n) is 5.16. The lowest BCUT2D eigenvalue weighted by Gasteiger charge is -2.20. The lowest BCUT2D eigenvalue weighted by atomic mass is 10.1. The van der Waals surface area contributed by atoms with E-state index in [0.29, 0.717) is 36.7 Å². The zero-order valence-electron chi connectivity index (χ0n) is 13.3. The number of aryl methyl sites for hydroxylation is 1. The Morgan fingerprint density at radius 3 is 2.91 bits per heavy atom. The van der Waals surface area contributed by atoms with Gasteiger partial charge in [0, 0.05) is 13.7 Å². The van der Waals surface area contributed by atoms with E-state index in [0.717, 1.165) is 18.6 Å². The summed E-state index contributed by atoms with van der Waals surface area (Å²) in [5.41, 5.74) is 1.02. The number of hydrogen-bond acceptors (Lipinski definition) is 5. The van der Waals surface area contributed by atoms with Crippen molar-refractivity contribution in [3.05, 3.63) is 41.2 Å². The van der Waals surface area contributed by atoms with Gasteiger partial charge in [0.15, 0.2) is 5.69 Å². The Bertz CT molecular complexity index is 589. The number of hydrogen-bond donors (Lipinski definition) is 0. The molecule has 0 atom stereocenters. The summed E-state index contributed by atoms with van der Waals surface area (Å²) in [6.45, 7) is 5.24. The van der Waals surface area contributed by atoms with Crippen LogP contribution in [-0.4, -0.2) is 29.6 Å². The van der Waals surface area contributed by atoms with Gasteiger partial charge in [-0.05, 0) is 25.5 Å². The molecule has 2 rings (SSSR count). The van der Waals surface area contributed by atoms with E-state index in [-0.39, 0.29) is 5.91 Å². The quantitative estimate of drug-likeness (QED) is 0.749. The van der Waals surface area contributed by atoms with Gasteiger partial charge in [-0.3, -0.25) is 4.79 Å². The molecular formula is C16H22N2O4. The van der Waals surface area contributed by atoms with Crippen LogP contribution >= 0.6 is 0 Å². The molecule has 2 aromatic heterocycles. The Kier molecular flexibility index (Phi) is 5.77. The maximum absolute atomic E-state index is 12.8. The highest BCUT2D eigenvalue weighted by Gasteiger charge is 2.25. The molecule has 0 aliphatic heterocycles. The Balaban J connectivity index is 2.20. The van der Waals surface area contributed by atoms with Crippen LogP contribution in [0.3, 0.4) is 0 Å². The zero-order valence-corrected chi connectivity index (χ0v) is 13.3. The molecule has 2 heterocycles. The molecule has 0 aliphatic carbocycles. The van der Waals surface area contributed by atoms with Crippen LogP contribution in [0.25, 0.3) is 0 Å². The maximum Gasteiger partial charge on any atom is 0.276 e. The number of rotatable bonds is 8. The first kappa shape index (κ1) is 16.3. The molecule has 1 amide bonds. The van der Waals surface area contributed by atoms with E-state index >= 15 is 0 Å². The lowest BCUT2D eigenvalue weighted by molar-refractivity contribution is 0.0714. The number of methoxy groups -OCH3 is 1. The molecule has 0 radical (unpaired) electrons. The van der Waals surface area contributed by atoms with Crippen molar-refractivity contribution >= 4 is 5.91 Å². The van der Waals surface area contributed by atoms with Crippen LogP contribution in [0.15, 0.2) is 27.3 Å². The number of amides is 1. The second kappa shape index (κ2) is 7.79. The molecule has 6 nitrogen and oxygen atoms in total. The molecular weight excluding hydrogens is 284 g/mol. The molecule has 0 saturated heterocycles. The average Bonchev–Trinajstić information content (AvgIpc) is 3.14. The summed E-state index contributed by atoms with van der Waals surface area (Å²) in [6, 6.07) is 3.67. The Morgan fingerprint density at radius 2 is 2.27 bits per heavy atom. The van der Waals surface area contributed by atoms with Gasteiger partial charge in [-0.2, -0.15) is 0 Å². The molecule has 0 spiro atoms. The summed E-state index contributed by atoms with van der Waals surface area (Å²) in [5.74, 6) is 1.20. The Hall–Kier alpha value is -2.08. The summed E-state index contributed by atoms with van der Waals surface area (Å²) in [4.78, 5) is 14.5. The van der Waals surface area contributed by atoms with Crippen LogP contribution in [0, 0.1) is 6.92 Å². The van der Waals surface area contributed by atoms with E-state index in [2.05, 4.69) is 12.1 Å². The SMILES string of the molecule is CCCCN(Cc1ccco1)C(=O)c1noc(C)c1COC. The number of carbonyl (C=O) groups is 1. The van der Waals surface area contributed by atoms with E-state index in [1.54, 1.807) is 25.2 Å². The number of aromatic nitrogens is 1. The first-order valence-corrected chi connectivity index (χ1v) is 7.43. The van der Waals surface area contributed by atoms with E-state index in [1.165, 1.54) is 0 Å². The third-order valence-corrected chi connectivity index (χ3v) is 3.47. The van der Waals surface area contributed by atoms with Crippen molar-refractivity contribution in [2.75, 3.05) is 13.7 Å². The maximum atomic E-state index is 12.8. The van der Waals surface area contributed by atoms with Crippen molar-refractivity contribution in [1.29, 1.82) is 0 Å². The number of furan rings is 1. The molecule has 0 fully saturated rings. The monoisotopic (exact) mass is 306 g/mol. The third kappa shape index (κ3) is 3.76. The standard InChI is InChI=1S/C16H22N2O4/c1-4-5-8-18(10-13-7-6-9-21-13)16(19)15-14(11-20-3)12(2)22-17-15/h6-7,9H,4-5,8,10-11H2,1-3H3. The first-order chi connectivity index (χ1) is 10.7. The van der Waals surface area contributed by atoms with E-state index in [4.69, 9.17) is 13.7 Å². The molecule has 0 aliphatic rings. The van der Waals surface area contributed by atoms with E-state index in [9.17, 15) is 4.79 Å². The Labute approximate surface area is 130 Å². The van der Waals surface area contributed by atoms with E-state index in [1.807, 2.05) is 12.1 Å². The molecule has 120 valence electrons. The predicted molar refractivity (Wildman–Crippen MR) is 80.3 cm³/mol. The number of carbonyl (C=O) groups excluding carboxylic acids is 1. The fraction of sp³-hybridized carbons (Fsp3) is 0.500. The van der Waals surface area contributed by atoms with Gasteiger partial charge in [0.05, 0.1) is 25.0 Å². The fourth-order valence-corrected chi connectivity index (χ4v) is 2.22. The van der Waals surface area contributed by atoms with Gasteiger partial charge in [-0.25, -0.2) is 0 Å². The van der Waals surface area contributed by atoms with Crippen molar-refractivity contribution in [2.45, 2.75) is 39.8 Å². The minimum atomic E-state index is -0.159. The highest BCUT2D eigenvalue weighted by Crippen LogP contribution is 2.18. The highest BCUT2D eigenvalue weighted by molar-refractivity contribution is 5.93. The van der Waals surface area contributed by atoms with Crippen LogP contribution in [-0.2, 0) is 17.9 Å². The van der Waals surface area contributed by atoms with Crippen LogP contribution in [0.1, 0.15) is 47.3 Å². The molecule has 0 N–H and O–H groups in total. The van der Waals surface area contributed by atoms with Gasteiger partial charge in [-0.1, -0.05) is 18.5 Å². The lowest BCUT2D eigenvalue weighted by Crippen LogP contribution is -2.32. The zero-order chi connectivity index (χ0) is 15.9. The highest BCUT2D eigenvalue weighted by atomic mass is 16.5. The van der Waals surface area contributed by atoms with Crippen LogP contribution in [0.4, 0.5) is 0 Å². The summed E-state index contributed by atoms with van der Waals surface area (Å²) in [7, 11) is 1.58. The van der Waals surface area contributed by atoms with Crippen molar-refractivity contribution in [3.63, 3.8) is 0 Å². The minimum Gasteiger partial charge on any atom is -0.467 e. The van der Waals surface area contributed by atoms with Gasteiger partial charge < -0.3 is 18.6 Å². The first-order valence-electron chi connectivity index (χ1n) is 7.43. The average molecular weight is 306 g/mol. The van der Waals surface area contributed by atoms with Crippen molar-refractivity contribution in [2.24, 2.45) is 0 Å². The molecule has 2 aromatic rings. The number of unbranched alkanes of at least 4 members (excludes halogenated alkanes) is 1. The summed E-state index contributed by atoms with van der Waals surface area (Å²) < 4.78 is 15.6. The van der Waals surface area contributed by atoms with E-state index < -0.39 is 0 Å². The third-order valence-electron chi connectivity index (χ3n) is 3.47. The van der Waals surface area contributed by atoms with Gasteiger partial charge in [0.25, 0.3) is 5.91 Å². The number of nitrogens with zero attached hydrogens (tertiary/aromatic N) is 2. The molecule has 0 unspecified atom stereocenters. The van der Waals surface area contributed by atoms with Gasteiger partial charge in [-0.15, -0.1) is 0 Å². The molecule has 22 heavy (non-hydrogen) atoms. The fourth-order valence-electron chi connectivity index (χ4n) is 2.22. The molecule has 0 aromatic carbocycles. The van der Waals surface area contributed by atoms with Gasteiger partial charge in [0.1, 0.15) is 11.5 Å². The van der Waals surface area contributed by atoms with Gasteiger partial charge in [0.2, 0.25) is 0 Å². The topological polar surface area (TPSA) is 68.7 Å². The summed E-state index contributed by atoms with van der Waals surface area (Å²) >= 11 is 0. The van der Waals surface area contributed by atoms with Crippen LogP contribution < -0.4 is 0 Å². The van der Waals surface area contributed by atoms with Gasteiger partial charge >= 0.3 is 0 Å². The molecule has 0 saturated carbocycles. The van der Waals surface area contributed by atoms with Crippen molar-refractivity contribution in [3.8, 4) is 0 Å². The van der Waals surface area contributed by atoms with Crippen LogP contribution in [0.5, 0.6) is 0 Å². The summed E-state index contributed by atoms with van der Waals surface area (Å²) in [6.07, 6.45) is 3.53. The minimum absolute atomic E-state index is 0.159. The largest absolute Gasteiger partial charge is 0.467 e. The normalized spacial score (nSPS) is 10.9. The van der Waals surface area contributed by atoms with Crippen molar-refractivity contribution in [1.82, 2.24) is 10.1 Å². The second-order valence-corrected chi connectivity index (χ2v) is 5.16. The smallest absolute Gasteiger partial charge is 0.276 e. The molecule has 6 heteroatoms. The molecule has 0 bridgehead atoms. The van der Waals surface area contributed by atoms with Crippen LogP contribution in [0.2, 0.25) is 0 Å². The number of ether oxygens (including phenoxy) is 1. The summed E-state index contributed by atoms with van der Waals surface area (Å²) in [5, 5.41) is 3.92. The Morgan fingerprint density at radius 1 is 1.45 bits per heavy atom.